The van der Waals surface area contributed by atoms with E-state index in [0.29, 0.717) is 19.5 Å². The van der Waals surface area contributed by atoms with Gasteiger partial charge in [0.25, 0.3) is 0 Å². The molecule has 0 fully saturated rings. The number of hydrogen-bond acceptors (Lipinski definition) is 3. The standard InChI is InChI=1S/C15H23N3O2/c1-4-16-14(19)9-10-17-12(3)15(20)18-13-7-5-11(2)6-8-13/h5-8,12,17H,4,9-10H2,1-3H3,(H,16,19)(H,18,20). The average molecular weight is 277 g/mol. The summed E-state index contributed by atoms with van der Waals surface area (Å²) in [6.07, 6.45) is 0.371. The van der Waals surface area contributed by atoms with Gasteiger partial charge in [-0.05, 0) is 32.9 Å². The Bertz CT molecular complexity index is 443. The Hall–Kier alpha value is -1.88. The first kappa shape index (κ1) is 16.2. The summed E-state index contributed by atoms with van der Waals surface area (Å²) in [7, 11) is 0. The predicted octanol–water partition coefficient (Wildman–Crippen LogP) is 1.44. The molecule has 0 heterocycles. The van der Waals surface area contributed by atoms with Gasteiger partial charge < -0.3 is 16.0 Å². The molecule has 20 heavy (non-hydrogen) atoms. The molecule has 1 aromatic carbocycles. The summed E-state index contributed by atoms with van der Waals surface area (Å²) in [5.74, 6) is -0.115. The topological polar surface area (TPSA) is 70.2 Å². The molecule has 0 saturated carbocycles. The molecule has 2 amide bonds. The molecule has 5 nitrogen and oxygen atoms in total. The fraction of sp³-hybridized carbons (Fsp3) is 0.467. The number of anilines is 1. The normalized spacial score (nSPS) is 11.8. The van der Waals surface area contributed by atoms with Gasteiger partial charge in [-0.1, -0.05) is 17.7 Å². The van der Waals surface area contributed by atoms with Crippen LogP contribution in [0.25, 0.3) is 0 Å². The van der Waals surface area contributed by atoms with E-state index >= 15 is 0 Å². The van der Waals surface area contributed by atoms with Crippen LogP contribution in [0.3, 0.4) is 0 Å². The van der Waals surface area contributed by atoms with Gasteiger partial charge in [0.05, 0.1) is 6.04 Å². The van der Waals surface area contributed by atoms with E-state index in [1.54, 1.807) is 6.92 Å². The van der Waals surface area contributed by atoms with E-state index in [-0.39, 0.29) is 17.9 Å². The Morgan fingerprint density at radius 1 is 1.20 bits per heavy atom. The summed E-state index contributed by atoms with van der Waals surface area (Å²) in [6.45, 7) is 6.76. The number of nitrogens with one attached hydrogen (secondary N) is 3. The van der Waals surface area contributed by atoms with Crippen molar-refractivity contribution in [2.75, 3.05) is 18.4 Å². The van der Waals surface area contributed by atoms with Gasteiger partial charge in [-0.2, -0.15) is 0 Å². The summed E-state index contributed by atoms with van der Waals surface area (Å²) in [4.78, 5) is 23.2. The molecule has 1 rings (SSSR count). The predicted molar refractivity (Wildman–Crippen MR) is 80.6 cm³/mol. The van der Waals surface area contributed by atoms with Crippen LogP contribution in [0.4, 0.5) is 5.69 Å². The molecule has 0 radical (unpaired) electrons. The van der Waals surface area contributed by atoms with E-state index in [1.165, 1.54) is 0 Å². The number of benzene rings is 1. The van der Waals surface area contributed by atoms with Crippen LogP contribution in [-0.2, 0) is 9.59 Å². The second-order valence-electron chi connectivity index (χ2n) is 4.73. The first-order valence-electron chi connectivity index (χ1n) is 6.90. The summed E-state index contributed by atoms with van der Waals surface area (Å²) >= 11 is 0. The van der Waals surface area contributed by atoms with Crippen LogP contribution in [0.1, 0.15) is 25.8 Å². The van der Waals surface area contributed by atoms with Gasteiger partial charge in [0.15, 0.2) is 0 Å². The number of carbonyl (C=O) groups is 2. The van der Waals surface area contributed by atoms with Crippen LogP contribution in [0, 0.1) is 6.92 Å². The van der Waals surface area contributed by atoms with E-state index in [9.17, 15) is 9.59 Å². The summed E-state index contributed by atoms with van der Waals surface area (Å²) < 4.78 is 0. The van der Waals surface area contributed by atoms with Crippen molar-refractivity contribution in [1.82, 2.24) is 10.6 Å². The van der Waals surface area contributed by atoms with Crippen LogP contribution >= 0.6 is 0 Å². The highest BCUT2D eigenvalue weighted by molar-refractivity contribution is 5.94. The Labute approximate surface area is 120 Å². The molecule has 1 unspecified atom stereocenters. The van der Waals surface area contributed by atoms with Crippen molar-refractivity contribution in [3.63, 3.8) is 0 Å². The first-order valence-corrected chi connectivity index (χ1v) is 6.90. The largest absolute Gasteiger partial charge is 0.356 e. The highest BCUT2D eigenvalue weighted by Gasteiger charge is 2.12. The fourth-order valence-corrected chi connectivity index (χ4v) is 1.67. The average Bonchev–Trinajstić information content (AvgIpc) is 2.41. The van der Waals surface area contributed by atoms with Crippen molar-refractivity contribution in [1.29, 1.82) is 0 Å². The molecular weight excluding hydrogens is 254 g/mol. The van der Waals surface area contributed by atoms with Gasteiger partial charge in [0.2, 0.25) is 11.8 Å². The second kappa shape index (κ2) is 8.32. The van der Waals surface area contributed by atoms with Gasteiger partial charge in [0, 0.05) is 25.2 Å². The number of aryl methyl sites for hydroxylation is 1. The maximum atomic E-state index is 11.9. The zero-order valence-corrected chi connectivity index (χ0v) is 12.3. The maximum Gasteiger partial charge on any atom is 0.241 e. The lowest BCUT2D eigenvalue weighted by atomic mass is 10.2. The fourth-order valence-electron chi connectivity index (χ4n) is 1.67. The minimum atomic E-state index is -0.342. The molecule has 0 saturated heterocycles. The van der Waals surface area contributed by atoms with Gasteiger partial charge in [0.1, 0.15) is 0 Å². The van der Waals surface area contributed by atoms with E-state index in [2.05, 4.69) is 16.0 Å². The lowest BCUT2D eigenvalue weighted by molar-refractivity contribution is -0.121. The second-order valence-corrected chi connectivity index (χ2v) is 4.73. The quantitative estimate of drug-likeness (QED) is 0.706. The van der Waals surface area contributed by atoms with Crippen molar-refractivity contribution in [3.05, 3.63) is 29.8 Å². The SMILES string of the molecule is CCNC(=O)CCNC(C)C(=O)Nc1ccc(C)cc1. The first-order chi connectivity index (χ1) is 9.52. The molecule has 0 spiro atoms. The van der Waals surface area contributed by atoms with Crippen molar-refractivity contribution in [3.8, 4) is 0 Å². The van der Waals surface area contributed by atoms with Crippen molar-refractivity contribution >= 4 is 17.5 Å². The zero-order valence-electron chi connectivity index (χ0n) is 12.3. The van der Waals surface area contributed by atoms with Crippen LogP contribution < -0.4 is 16.0 Å². The van der Waals surface area contributed by atoms with Crippen molar-refractivity contribution in [2.45, 2.75) is 33.2 Å². The summed E-state index contributed by atoms with van der Waals surface area (Å²) in [5.41, 5.74) is 1.93. The van der Waals surface area contributed by atoms with Crippen molar-refractivity contribution < 1.29 is 9.59 Å². The molecule has 0 aliphatic carbocycles. The van der Waals surface area contributed by atoms with Gasteiger partial charge in [-0.3, -0.25) is 9.59 Å². The highest BCUT2D eigenvalue weighted by atomic mass is 16.2. The summed E-state index contributed by atoms with van der Waals surface area (Å²) in [6, 6.07) is 7.29. The van der Waals surface area contributed by atoms with E-state index in [1.807, 2.05) is 38.1 Å². The van der Waals surface area contributed by atoms with E-state index < -0.39 is 0 Å². The molecule has 0 aliphatic heterocycles. The number of rotatable bonds is 7. The molecule has 1 atom stereocenters. The van der Waals surface area contributed by atoms with Crippen LogP contribution in [0.5, 0.6) is 0 Å². The van der Waals surface area contributed by atoms with Gasteiger partial charge >= 0.3 is 0 Å². The minimum absolute atomic E-state index is 0.00820. The minimum Gasteiger partial charge on any atom is -0.356 e. The van der Waals surface area contributed by atoms with Crippen LogP contribution in [-0.4, -0.2) is 30.9 Å². The highest BCUT2D eigenvalue weighted by Crippen LogP contribution is 2.08. The lowest BCUT2D eigenvalue weighted by Crippen LogP contribution is -2.39. The number of carbonyl (C=O) groups excluding carboxylic acids is 2. The van der Waals surface area contributed by atoms with E-state index in [0.717, 1.165) is 11.3 Å². The number of hydrogen-bond donors (Lipinski definition) is 3. The van der Waals surface area contributed by atoms with Gasteiger partial charge in [-0.25, -0.2) is 0 Å². The Morgan fingerprint density at radius 3 is 2.45 bits per heavy atom. The third-order valence-corrected chi connectivity index (χ3v) is 2.89. The Balaban J connectivity index is 2.32. The smallest absolute Gasteiger partial charge is 0.241 e. The third kappa shape index (κ3) is 5.84. The monoisotopic (exact) mass is 277 g/mol. The Morgan fingerprint density at radius 2 is 1.85 bits per heavy atom. The molecular formula is C15H23N3O2. The zero-order chi connectivity index (χ0) is 15.0. The molecule has 3 N–H and O–H groups in total. The lowest BCUT2D eigenvalue weighted by Gasteiger charge is -2.14. The van der Waals surface area contributed by atoms with E-state index in [4.69, 9.17) is 0 Å². The third-order valence-electron chi connectivity index (χ3n) is 2.89. The molecule has 0 bridgehead atoms. The van der Waals surface area contributed by atoms with Crippen LogP contribution in [0.15, 0.2) is 24.3 Å². The molecule has 1 aromatic rings. The maximum absolute atomic E-state index is 11.9. The Kier molecular flexibility index (Phi) is 6.73. The summed E-state index contributed by atoms with van der Waals surface area (Å²) in [5, 5.41) is 8.57. The van der Waals surface area contributed by atoms with Crippen LogP contribution in [0.2, 0.25) is 0 Å². The molecule has 0 aliphatic rings. The number of amides is 2. The molecule has 0 aromatic heterocycles. The molecule has 110 valence electrons. The van der Waals surface area contributed by atoms with Crippen molar-refractivity contribution in [2.24, 2.45) is 0 Å². The van der Waals surface area contributed by atoms with Gasteiger partial charge in [-0.15, -0.1) is 0 Å². The molecule has 5 heteroatoms.